The Morgan fingerprint density at radius 2 is 2.21 bits per heavy atom. The Hall–Kier alpha value is 0.0600. The molecule has 2 atom stereocenters. The Kier molecular flexibility index (Phi) is 5.43. The monoisotopic (exact) mass is 346 g/mol. The predicted molar refractivity (Wildman–Crippen MR) is 84.8 cm³/mol. The van der Waals surface area contributed by atoms with Gasteiger partial charge in [0.25, 0.3) is 0 Å². The maximum Gasteiger partial charge on any atom is 0.0594 e. The van der Waals surface area contributed by atoms with Crippen molar-refractivity contribution >= 4 is 27.3 Å². The first-order valence-corrected chi connectivity index (χ1v) is 8.55. The van der Waals surface area contributed by atoms with E-state index in [1.807, 2.05) is 0 Å². The molecule has 0 radical (unpaired) electrons. The molecule has 1 aliphatic heterocycles. The van der Waals surface area contributed by atoms with Gasteiger partial charge in [-0.2, -0.15) is 0 Å². The summed E-state index contributed by atoms with van der Waals surface area (Å²) in [7, 11) is 0. The number of ether oxygens (including phenoxy) is 1. The highest BCUT2D eigenvalue weighted by molar-refractivity contribution is 9.10. The smallest absolute Gasteiger partial charge is 0.0594 e. The second-order valence-electron chi connectivity index (χ2n) is 5.35. The van der Waals surface area contributed by atoms with Crippen molar-refractivity contribution < 1.29 is 4.74 Å². The quantitative estimate of drug-likeness (QED) is 0.890. The van der Waals surface area contributed by atoms with Gasteiger partial charge in [0.15, 0.2) is 0 Å². The minimum atomic E-state index is 0.0558. The van der Waals surface area contributed by atoms with Crippen LogP contribution in [-0.2, 0) is 11.2 Å². The third-order valence-corrected chi connectivity index (χ3v) is 6.01. The highest BCUT2D eigenvalue weighted by Crippen LogP contribution is 2.28. The van der Waals surface area contributed by atoms with Crippen molar-refractivity contribution in [1.29, 1.82) is 0 Å². The van der Waals surface area contributed by atoms with Gasteiger partial charge < -0.3 is 10.5 Å². The first-order chi connectivity index (χ1) is 9.06. The highest BCUT2D eigenvalue weighted by Gasteiger charge is 2.37. The first-order valence-electron chi connectivity index (χ1n) is 6.87. The zero-order chi connectivity index (χ0) is 13.9. The van der Waals surface area contributed by atoms with E-state index < -0.39 is 0 Å². The van der Waals surface area contributed by atoms with E-state index in [-0.39, 0.29) is 11.6 Å². The highest BCUT2D eigenvalue weighted by atomic mass is 79.9. The lowest BCUT2D eigenvalue weighted by Gasteiger charge is -2.46. The normalized spacial score (nSPS) is 22.1. The van der Waals surface area contributed by atoms with Crippen molar-refractivity contribution in [3.05, 3.63) is 20.8 Å². The maximum absolute atomic E-state index is 6.54. The Morgan fingerprint density at radius 3 is 2.74 bits per heavy atom. The van der Waals surface area contributed by atoms with E-state index in [1.165, 1.54) is 4.88 Å². The lowest BCUT2D eigenvalue weighted by molar-refractivity contribution is -0.0271. The van der Waals surface area contributed by atoms with E-state index in [0.717, 1.165) is 43.6 Å². The van der Waals surface area contributed by atoms with Gasteiger partial charge in [0.05, 0.1) is 13.2 Å². The Labute approximate surface area is 128 Å². The van der Waals surface area contributed by atoms with E-state index in [0.29, 0.717) is 0 Å². The van der Waals surface area contributed by atoms with Gasteiger partial charge in [0.2, 0.25) is 0 Å². The minimum Gasteiger partial charge on any atom is -0.379 e. The lowest BCUT2D eigenvalue weighted by atomic mass is 9.85. The molecule has 1 aromatic rings. The molecular weight excluding hydrogens is 324 g/mol. The van der Waals surface area contributed by atoms with Crippen molar-refractivity contribution in [1.82, 2.24) is 4.90 Å². The van der Waals surface area contributed by atoms with Crippen LogP contribution in [0.3, 0.4) is 0 Å². The third kappa shape index (κ3) is 3.58. The summed E-state index contributed by atoms with van der Waals surface area (Å²) in [6.45, 7) is 8.17. The molecule has 1 aliphatic rings. The van der Waals surface area contributed by atoms with Gasteiger partial charge in [0, 0.05) is 39.4 Å². The molecule has 1 aromatic heterocycles. The standard InChI is InChI=1S/C14H23BrN2OS/c1-3-14(2,17-4-6-18-7-5-17)13(16)9-12-8-11(15)10-19-12/h8,10,13H,3-7,9,16H2,1-2H3. The number of hydrogen-bond donors (Lipinski definition) is 1. The van der Waals surface area contributed by atoms with Gasteiger partial charge in [-0.3, -0.25) is 4.90 Å². The number of nitrogens with two attached hydrogens (primary N) is 1. The zero-order valence-electron chi connectivity index (χ0n) is 11.7. The SMILES string of the molecule is CCC(C)(C(N)Cc1cc(Br)cs1)N1CCOCC1. The average molecular weight is 347 g/mol. The van der Waals surface area contributed by atoms with Crippen molar-refractivity contribution in [2.75, 3.05) is 26.3 Å². The van der Waals surface area contributed by atoms with Gasteiger partial charge >= 0.3 is 0 Å². The van der Waals surface area contributed by atoms with Gasteiger partial charge in [-0.05, 0) is 41.8 Å². The van der Waals surface area contributed by atoms with E-state index >= 15 is 0 Å². The van der Waals surface area contributed by atoms with E-state index in [4.69, 9.17) is 10.5 Å². The van der Waals surface area contributed by atoms with Crippen LogP contribution in [0.2, 0.25) is 0 Å². The zero-order valence-corrected chi connectivity index (χ0v) is 14.1. The molecule has 19 heavy (non-hydrogen) atoms. The van der Waals surface area contributed by atoms with Crippen LogP contribution >= 0.6 is 27.3 Å². The summed E-state index contributed by atoms with van der Waals surface area (Å²) >= 11 is 5.29. The molecule has 0 aromatic carbocycles. The third-order valence-electron chi connectivity index (χ3n) is 4.29. The number of thiophene rings is 1. The molecule has 0 spiro atoms. The molecule has 3 nitrogen and oxygen atoms in total. The minimum absolute atomic E-state index is 0.0558. The van der Waals surface area contributed by atoms with Crippen LogP contribution in [0.1, 0.15) is 25.1 Å². The fourth-order valence-electron chi connectivity index (χ4n) is 2.69. The van der Waals surface area contributed by atoms with Crippen LogP contribution in [0.4, 0.5) is 0 Å². The van der Waals surface area contributed by atoms with Crippen LogP contribution < -0.4 is 5.73 Å². The molecule has 108 valence electrons. The van der Waals surface area contributed by atoms with E-state index in [1.54, 1.807) is 11.3 Å². The fraction of sp³-hybridized carbons (Fsp3) is 0.714. The Bertz CT molecular complexity index is 406. The summed E-state index contributed by atoms with van der Waals surface area (Å²) in [5.74, 6) is 0. The molecule has 2 N–H and O–H groups in total. The molecule has 1 saturated heterocycles. The molecule has 1 fully saturated rings. The number of nitrogens with zero attached hydrogens (tertiary/aromatic N) is 1. The summed E-state index contributed by atoms with van der Waals surface area (Å²) in [6.07, 6.45) is 2.01. The number of rotatable bonds is 5. The predicted octanol–water partition coefficient (Wildman–Crippen LogP) is 2.88. The van der Waals surface area contributed by atoms with Gasteiger partial charge in [0.1, 0.15) is 0 Å². The van der Waals surface area contributed by atoms with Crippen molar-refractivity contribution in [3.8, 4) is 0 Å². The lowest BCUT2D eigenvalue weighted by Crippen LogP contribution is -2.61. The van der Waals surface area contributed by atoms with Crippen LogP contribution in [0.5, 0.6) is 0 Å². The second kappa shape index (κ2) is 6.68. The van der Waals surface area contributed by atoms with Crippen LogP contribution in [0.25, 0.3) is 0 Å². The molecular formula is C14H23BrN2OS. The number of hydrogen-bond acceptors (Lipinski definition) is 4. The summed E-state index contributed by atoms with van der Waals surface area (Å²) in [6, 6.07) is 2.33. The van der Waals surface area contributed by atoms with Crippen molar-refractivity contribution in [3.63, 3.8) is 0 Å². The molecule has 2 heterocycles. The average Bonchev–Trinajstić information content (AvgIpc) is 2.84. The first kappa shape index (κ1) is 15.4. The Morgan fingerprint density at radius 1 is 1.53 bits per heavy atom. The van der Waals surface area contributed by atoms with Gasteiger partial charge in [-0.15, -0.1) is 11.3 Å². The van der Waals surface area contributed by atoms with Crippen molar-refractivity contribution in [2.45, 2.75) is 38.3 Å². The number of halogens is 1. The number of morpholine rings is 1. The summed E-state index contributed by atoms with van der Waals surface area (Å²) < 4.78 is 6.61. The molecule has 0 amide bonds. The van der Waals surface area contributed by atoms with Crippen LogP contribution in [-0.4, -0.2) is 42.8 Å². The topological polar surface area (TPSA) is 38.5 Å². The maximum atomic E-state index is 6.54. The van der Waals surface area contributed by atoms with Gasteiger partial charge in [-0.1, -0.05) is 6.92 Å². The van der Waals surface area contributed by atoms with E-state index in [9.17, 15) is 0 Å². The molecule has 0 bridgehead atoms. The second-order valence-corrected chi connectivity index (χ2v) is 7.26. The van der Waals surface area contributed by atoms with Crippen LogP contribution in [0, 0.1) is 0 Å². The summed E-state index contributed by atoms with van der Waals surface area (Å²) in [5.41, 5.74) is 6.60. The van der Waals surface area contributed by atoms with Gasteiger partial charge in [-0.25, -0.2) is 0 Å². The fourth-order valence-corrected chi connectivity index (χ4v) is 4.20. The van der Waals surface area contributed by atoms with E-state index in [2.05, 4.69) is 46.1 Å². The molecule has 2 rings (SSSR count). The largest absolute Gasteiger partial charge is 0.379 e. The molecule has 5 heteroatoms. The molecule has 0 aliphatic carbocycles. The van der Waals surface area contributed by atoms with Crippen LogP contribution in [0.15, 0.2) is 15.9 Å². The summed E-state index contributed by atoms with van der Waals surface area (Å²) in [5, 5.41) is 2.13. The molecule has 2 unspecified atom stereocenters. The van der Waals surface area contributed by atoms with Crippen molar-refractivity contribution in [2.24, 2.45) is 5.73 Å². The summed E-state index contributed by atoms with van der Waals surface area (Å²) in [4.78, 5) is 3.86. The Balaban J connectivity index is 2.06. The molecule has 0 saturated carbocycles.